The monoisotopic (exact) mass is 429 g/mol. The van der Waals surface area contributed by atoms with E-state index >= 15 is 0 Å². The van der Waals surface area contributed by atoms with Crippen LogP contribution in [0.3, 0.4) is 0 Å². The SMILES string of the molecule is COc1ccc(NC(=O)CNC(=O)C(=O)Nc2cccc(C(F)(F)F)c2)cc1Cl. The number of halogens is 4. The van der Waals surface area contributed by atoms with Gasteiger partial charge in [0.1, 0.15) is 5.75 Å². The number of rotatable bonds is 5. The van der Waals surface area contributed by atoms with Crippen LogP contribution in [0.15, 0.2) is 42.5 Å². The van der Waals surface area contributed by atoms with Crippen molar-refractivity contribution in [2.45, 2.75) is 6.18 Å². The van der Waals surface area contributed by atoms with E-state index in [2.05, 4.69) is 10.6 Å². The largest absolute Gasteiger partial charge is 0.495 e. The Morgan fingerprint density at radius 1 is 1.00 bits per heavy atom. The summed E-state index contributed by atoms with van der Waals surface area (Å²) in [4.78, 5) is 35.4. The molecule has 3 amide bonds. The first kappa shape index (κ1) is 22.0. The zero-order valence-corrected chi connectivity index (χ0v) is 15.6. The molecule has 11 heteroatoms. The Balaban J connectivity index is 1.87. The molecule has 0 atom stereocenters. The number of amides is 3. The minimum Gasteiger partial charge on any atom is -0.495 e. The molecule has 7 nitrogen and oxygen atoms in total. The molecule has 0 aliphatic carbocycles. The fourth-order valence-corrected chi connectivity index (χ4v) is 2.41. The van der Waals surface area contributed by atoms with Crippen molar-refractivity contribution in [1.29, 1.82) is 0 Å². The minimum atomic E-state index is -4.59. The normalized spacial score (nSPS) is 10.8. The van der Waals surface area contributed by atoms with Gasteiger partial charge in [0.05, 0.1) is 24.2 Å². The van der Waals surface area contributed by atoms with Crippen LogP contribution >= 0.6 is 11.6 Å². The van der Waals surface area contributed by atoms with Crippen LogP contribution in [0, 0.1) is 0 Å². The lowest BCUT2D eigenvalue weighted by Crippen LogP contribution is -2.39. The van der Waals surface area contributed by atoms with Crippen molar-refractivity contribution in [2.75, 3.05) is 24.3 Å². The first-order valence-electron chi connectivity index (χ1n) is 8.00. The smallest absolute Gasteiger partial charge is 0.416 e. The van der Waals surface area contributed by atoms with Crippen LogP contribution in [0.2, 0.25) is 5.02 Å². The van der Waals surface area contributed by atoms with Crippen LogP contribution < -0.4 is 20.7 Å². The maximum atomic E-state index is 12.7. The van der Waals surface area contributed by atoms with Crippen LogP contribution in [-0.2, 0) is 20.6 Å². The van der Waals surface area contributed by atoms with E-state index in [0.717, 1.165) is 12.1 Å². The van der Waals surface area contributed by atoms with E-state index in [-0.39, 0.29) is 10.7 Å². The highest BCUT2D eigenvalue weighted by Crippen LogP contribution is 2.30. The van der Waals surface area contributed by atoms with Gasteiger partial charge in [-0.15, -0.1) is 0 Å². The Morgan fingerprint density at radius 3 is 2.31 bits per heavy atom. The molecule has 0 unspecified atom stereocenters. The van der Waals surface area contributed by atoms with Gasteiger partial charge in [0.15, 0.2) is 0 Å². The molecule has 0 radical (unpaired) electrons. The standard InChI is InChI=1S/C18H15ClF3N3O4/c1-29-14-6-5-12(8-13(14)19)24-15(26)9-23-16(27)17(28)25-11-4-2-3-10(7-11)18(20,21)22/h2-8H,9H2,1H3,(H,23,27)(H,24,26)(H,25,28). The molecule has 0 saturated heterocycles. The molecule has 0 aliphatic rings. The fourth-order valence-electron chi connectivity index (χ4n) is 2.15. The lowest BCUT2D eigenvalue weighted by molar-refractivity contribution is -0.137. The quantitative estimate of drug-likeness (QED) is 0.636. The number of ether oxygens (including phenoxy) is 1. The lowest BCUT2D eigenvalue weighted by atomic mass is 10.2. The summed E-state index contributed by atoms with van der Waals surface area (Å²) in [7, 11) is 1.43. The van der Waals surface area contributed by atoms with Crippen molar-refractivity contribution < 1.29 is 32.3 Å². The number of nitrogens with one attached hydrogen (secondary N) is 3. The Kier molecular flexibility index (Phi) is 7.05. The van der Waals surface area contributed by atoms with Gasteiger partial charge in [-0.05, 0) is 36.4 Å². The third-order valence-corrected chi connectivity index (χ3v) is 3.79. The molecule has 0 spiro atoms. The second kappa shape index (κ2) is 9.28. The summed E-state index contributed by atoms with van der Waals surface area (Å²) in [6.07, 6.45) is -4.59. The van der Waals surface area contributed by atoms with Crippen molar-refractivity contribution in [2.24, 2.45) is 0 Å². The van der Waals surface area contributed by atoms with Crippen LogP contribution in [0.25, 0.3) is 0 Å². The Hall–Kier alpha value is -3.27. The maximum absolute atomic E-state index is 12.7. The van der Waals surface area contributed by atoms with Crippen molar-refractivity contribution in [3.63, 3.8) is 0 Å². The van der Waals surface area contributed by atoms with Crippen LogP contribution in [-0.4, -0.2) is 31.4 Å². The minimum absolute atomic E-state index is 0.211. The molecule has 0 bridgehead atoms. The van der Waals surface area contributed by atoms with Gasteiger partial charge in [-0.1, -0.05) is 17.7 Å². The molecule has 154 valence electrons. The second-order valence-electron chi connectivity index (χ2n) is 5.61. The van der Waals surface area contributed by atoms with Crippen molar-refractivity contribution >= 4 is 40.7 Å². The van der Waals surface area contributed by atoms with Crippen LogP contribution in [0.1, 0.15) is 5.56 Å². The summed E-state index contributed by atoms with van der Waals surface area (Å²) >= 11 is 5.93. The zero-order valence-electron chi connectivity index (χ0n) is 14.9. The number of benzene rings is 2. The summed E-state index contributed by atoms with van der Waals surface area (Å²) in [5, 5.41) is 6.81. The predicted molar refractivity (Wildman–Crippen MR) is 99.7 cm³/mol. The molecular formula is C18H15ClF3N3O4. The third-order valence-electron chi connectivity index (χ3n) is 3.50. The number of alkyl halides is 3. The molecule has 3 N–H and O–H groups in total. The predicted octanol–water partition coefficient (Wildman–Crippen LogP) is 3.06. The van der Waals surface area contributed by atoms with Crippen molar-refractivity contribution in [1.82, 2.24) is 5.32 Å². The van der Waals surface area contributed by atoms with E-state index in [1.807, 2.05) is 5.32 Å². The van der Waals surface area contributed by atoms with E-state index in [9.17, 15) is 27.6 Å². The number of carbonyl (C=O) groups excluding carboxylic acids is 3. The van der Waals surface area contributed by atoms with Crippen molar-refractivity contribution in [3.05, 3.63) is 53.1 Å². The average molecular weight is 430 g/mol. The maximum Gasteiger partial charge on any atom is 0.416 e. The number of hydrogen-bond acceptors (Lipinski definition) is 4. The summed E-state index contributed by atoms with van der Waals surface area (Å²) in [5.74, 6) is -2.65. The average Bonchev–Trinajstić information content (AvgIpc) is 2.65. The zero-order chi connectivity index (χ0) is 21.6. The van der Waals surface area contributed by atoms with E-state index in [1.54, 1.807) is 0 Å². The summed E-state index contributed by atoms with van der Waals surface area (Å²) in [6.45, 7) is -0.543. The van der Waals surface area contributed by atoms with Gasteiger partial charge in [-0.2, -0.15) is 13.2 Å². The Bertz CT molecular complexity index is 935. The second-order valence-corrected chi connectivity index (χ2v) is 6.02. The lowest BCUT2D eigenvalue weighted by Gasteiger charge is -2.10. The first-order chi connectivity index (χ1) is 13.6. The molecule has 0 fully saturated rings. The molecule has 2 aromatic rings. The third kappa shape index (κ3) is 6.39. The number of anilines is 2. The van der Waals surface area contributed by atoms with Gasteiger partial charge in [0.2, 0.25) is 5.91 Å². The molecular weight excluding hydrogens is 415 g/mol. The molecule has 0 saturated carbocycles. The van der Waals surface area contributed by atoms with E-state index in [1.165, 1.54) is 31.4 Å². The highest BCUT2D eigenvalue weighted by molar-refractivity contribution is 6.40. The van der Waals surface area contributed by atoms with Crippen molar-refractivity contribution in [3.8, 4) is 5.75 Å². The summed E-state index contributed by atoms with van der Waals surface area (Å²) in [6, 6.07) is 8.27. The molecule has 0 heterocycles. The van der Waals surface area contributed by atoms with E-state index < -0.39 is 36.0 Å². The van der Waals surface area contributed by atoms with Gasteiger partial charge >= 0.3 is 18.0 Å². The highest BCUT2D eigenvalue weighted by Gasteiger charge is 2.30. The molecule has 0 aliphatic heterocycles. The van der Waals surface area contributed by atoms with Crippen LogP contribution in [0.5, 0.6) is 5.75 Å². The van der Waals surface area contributed by atoms with Gasteiger partial charge in [0.25, 0.3) is 0 Å². The van der Waals surface area contributed by atoms with Crippen LogP contribution in [0.4, 0.5) is 24.5 Å². The number of carbonyl (C=O) groups is 3. The van der Waals surface area contributed by atoms with Gasteiger partial charge in [0, 0.05) is 11.4 Å². The van der Waals surface area contributed by atoms with Gasteiger partial charge in [-0.25, -0.2) is 0 Å². The fraction of sp³-hybridized carbons (Fsp3) is 0.167. The van der Waals surface area contributed by atoms with Gasteiger partial charge in [-0.3, -0.25) is 14.4 Å². The van der Waals surface area contributed by atoms with E-state index in [4.69, 9.17) is 16.3 Å². The number of hydrogen-bond donors (Lipinski definition) is 3. The Morgan fingerprint density at radius 2 is 1.69 bits per heavy atom. The first-order valence-corrected chi connectivity index (χ1v) is 8.38. The molecule has 2 aromatic carbocycles. The summed E-state index contributed by atoms with van der Waals surface area (Å²) in [5.41, 5.74) is -0.853. The Labute approximate surface area is 168 Å². The number of methoxy groups -OCH3 is 1. The van der Waals surface area contributed by atoms with Gasteiger partial charge < -0.3 is 20.7 Å². The topological polar surface area (TPSA) is 96.5 Å². The molecule has 2 rings (SSSR count). The summed E-state index contributed by atoms with van der Waals surface area (Å²) < 4.78 is 43.0. The molecule has 29 heavy (non-hydrogen) atoms. The van der Waals surface area contributed by atoms with E-state index in [0.29, 0.717) is 17.5 Å². The molecule has 0 aromatic heterocycles. The highest BCUT2D eigenvalue weighted by atomic mass is 35.5.